The highest BCUT2D eigenvalue weighted by atomic mass is 15.0. The number of anilines is 1. The second-order valence-corrected chi connectivity index (χ2v) is 4.92. The van der Waals surface area contributed by atoms with Gasteiger partial charge in [-0.15, -0.1) is 0 Å². The molecule has 0 aromatic carbocycles. The van der Waals surface area contributed by atoms with Gasteiger partial charge in [-0.3, -0.25) is 0 Å². The van der Waals surface area contributed by atoms with Crippen LogP contribution in [0.5, 0.6) is 0 Å². The van der Waals surface area contributed by atoms with Gasteiger partial charge in [0.25, 0.3) is 0 Å². The molecule has 1 aliphatic carbocycles. The lowest BCUT2D eigenvalue weighted by molar-refractivity contribution is 0.438. The fourth-order valence-electron chi connectivity index (χ4n) is 1.96. The smallest absolute Gasteiger partial charge is 0.220 e. The Bertz CT molecular complexity index is 445. The van der Waals surface area contributed by atoms with Crippen LogP contribution in [0.2, 0.25) is 0 Å². The molecule has 3 nitrogen and oxygen atoms in total. The number of nitrogens with zero attached hydrogens (tertiary/aromatic N) is 2. The van der Waals surface area contributed by atoms with E-state index in [4.69, 9.17) is 5.73 Å². The van der Waals surface area contributed by atoms with E-state index in [-0.39, 0.29) is 5.41 Å². The summed E-state index contributed by atoms with van der Waals surface area (Å²) < 4.78 is 0. The van der Waals surface area contributed by atoms with Crippen LogP contribution in [-0.2, 0) is 6.42 Å². The predicted molar refractivity (Wildman–Crippen MR) is 73.7 cm³/mol. The van der Waals surface area contributed by atoms with Crippen molar-refractivity contribution in [1.29, 1.82) is 0 Å². The first-order valence-electron chi connectivity index (χ1n) is 6.22. The van der Waals surface area contributed by atoms with Crippen molar-refractivity contribution in [3.63, 3.8) is 0 Å². The zero-order valence-corrected chi connectivity index (χ0v) is 11.8. The van der Waals surface area contributed by atoms with E-state index in [0.29, 0.717) is 5.95 Å². The van der Waals surface area contributed by atoms with E-state index < -0.39 is 0 Å². The van der Waals surface area contributed by atoms with Crippen molar-refractivity contribution in [3.8, 4) is 0 Å². The molecule has 0 fully saturated rings. The number of rotatable bonds is 0. The van der Waals surface area contributed by atoms with Crippen LogP contribution in [0.15, 0.2) is 5.57 Å². The lowest BCUT2D eigenvalue weighted by atomic mass is 9.75. The van der Waals surface area contributed by atoms with Crippen LogP contribution >= 0.6 is 0 Å². The number of aryl methyl sites for hydroxylation is 1. The quantitative estimate of drug-likeness (QED) is 0.747. The van der Waals surface area contributed by atoms with E-state index in [1.54, 1.807) is 0 Å². The predicted octanol–water partition coefficient (Wildman–Crippen LogP) is 3.38. The molecule has 0 saturated carbocycles. The van der Waals surface area contributed by atoms with Gasteiger partial charge in [-0.1, -0.05) is 33.3 Å². The maximum atomic E-state index is 5.64. The van der Waals surface area contributed by atoms with Crippen molar-refractivity contribution in [2.24, 2.45) is 5.41 Å². The average Bonchev–Trinajstić information content (AvgIpc) is 2.24. The molecule has 0 bridgehead atoms. The van der Waals surface area contributed by atoms with Crippen LogP contribution < -0.4 is 5.73 Å². The minimum Gasteiger partial charge on any atom is -0.368 e. The van der Waals surface area contributed by atoms with Gasteiger partial charge in [-0.2, -0.15) is 0 Å². The van der Waals surface area contributed by atoms with Crippen LogP contribution in [0, 0.1) is 12.3 Å². The lowest BCUT2D eigenvalue weighted by Gasteiger charge is -2.31. The monoisotopic (exact) mass is 233 g/mol. The maximum Gasteiger partial charge on any atom is 0.220 e. The standard InChI is InChI=1S/C12H17N3.C2H6/c1-7-5-10-9(6-12(7,3)4)8(2)14-11(13)15-10;1-2/h5H,6H2,1-4H3,(H2,13,14,15);1-2H3. The van der Waals surface area contributed by atoms with Crippen molar-refractivity contribution >= 4 is 12.0 Å². The lowest BCUT2D eigenvalue weighted by Crippen LogP contribution is -2.23. The highest BCUT2D eigenvalue weighted by Crippen LogP contribution is 2.37. The Morgan fingerprint density at radius 3 is 2.35 bits per heavy atom. The molecule has 0 saturated heterocycles. The molecule has 0 aliphatic heterocycles. The first-order chi connectivity index (χ1) is 7.90. The van der Waals surface area contributed by atoms with Gasteiger partial charge in [0.2, 0.25) is 5.95 Å². The van der Waals surface area contributed by atoms with Gasteiger partial charge in [0.1, 0.15) is 0 Å². The number of nitrogen functional groups attached to an aromatic ring is 1. The van der Waals surface area contributed by atoms with Crippen molar-refractivity contribution in [2.45, 2.75) is 48.0 Å². The van der Waals surface area contributed by atoms with E-state index in [2.05, 4.69) is 36.8 Å². The molecule has 17 heavy (non-hydrogen) atoms. The van der Waals surface area contributed by atoms with Crippen LogP contribution in [0.25, 0.3) is 6.08 Å². The summed E-state index contributed by atoms with van der Waals surface area (Å²) in [6.45, 7) is 12.6. The normalized spacial score (nSPS) is 16.5. The zero-order valence-electron chi connectivity index (χ0n) is 11.8. The summed E-state index contributed by atoms with van der Waals surface area (Å²) in [6.07, 6.45) is 3.13. The SMILES string of the molecule is CC.CC1=Cc2nc(N)nc(C)c2CC1(C)C. The molecule has 1 aromatic heterocycles. The summed E-state index contributed by atoms with van der Waals surface area (Å²) in [5.41, 5.74) is 10.4. The van der Waals surface area contributed by atoms with Crippen molar-refractivity contribution in [1.82, 2.24) is 9.97 Å². The number of hydrogen-bond acceptors (Lipinski definition) is 3. The Morgan fingerprint density at radius 1 is 1.18 bits per heavy atom. The number of hydrogen-bond donors (Lipinski definition) is 1. The minimum absolute atomic E-state index is 0.206. The Morgan fingerprint density at radius 2 is 1.76 bits per heavy atom. The molecule has 0 radical (unpaired) electrons. The van der Waals surface area contributed by atoms with Gasteiger partial charge in [-0.25, -0.2) is 9.97 Å². The summed E-state index contributed by atoms with van der Waals surface area (Å²) in [6, 6.07) is 0. The second kappa shape index (κ2) is 4.86. The first-order valence-corrected chi connectivity index (χ1v) is 6.22. The van der Waals surface area contributed by atoms with Gasteiger partial charge in [0.05, 0.1) is 5.69 Å². The third-order valence-electron chi connectivity index (χ3n) is 3.30. The molecule has 2 N–H and O–H groups in total. The van der Waals surface area contributed by atoms with Crippen LogP contribution in [-0.4, -0.2) is 9.97 Å². The molecule has 0 unspecified atom stereocenters. The number of nitrogens with two attached hydrogens (primary N) is 1. The Balaban J connectivity index is 0.000000686. The molecule has 0 atom stereocenters. The molecular weight excluding hydrogens is 210 g/mol. The van der Waals surface area contributed by atoms with Gasteiger partial charge in [-0.05, 0) is 31.8 Å². The van der Waals surface area contributed by atoms with Gasteiger partial charge < -0.3 is 5.73 Å². The summed E-state index contributed by atoms with van der Waals surface area (Å²) in [5, 5.41) is 0. The molecule has 1 aromatic rings. The molecule has 1 heterocycles. The molecule has 3 heteroatoms. The topological polar surface area (TPSA) is 51.8 Å². The molecule has 94 valence electrons. The van der Waals surface area contributed by atoms with Crippen LogP contribution in [0.1, 0.15) is 51.6 Å². The Kier molecular flexibility index (Phi) is 3.91. The van der Waals surface area contributed by atoms with Crippen LogP contribution in [0.3, 0.4) is 0 Å². The molecule has 0 spiro atoms. The highest BCUT2D eigenvalue weighted by Gasteiger charge is 2.28. The fraction of sp³-hybridized carbons (Fsp3) is 0.571. The number of aromatic nitrogens is 2. The first kappa shape index (κ1) is 13.7. The molecule has 1 aliphatic rings. The minimum atomic E-state index is 0.206. The van der Waals surface area contributed by atoms with E-state index in [1.807, 2.05) is 20.8 Å². The largest absolute Gasteiger partial charge is 0.368 e. The third-order valence-corrected chi connectivity index (χ3v) is 3.30. The Labute approximate surface area is 104 Å². The molecule has 0 amide bonds. The molecule has 2 rings (SSSR count). The van der Waals surface area contributed by atoms with E-state index >= 15 is 0 Å². The zero-order chi connectivity index (χ0) is 13.2. The summed E-state index contributed by atoms with van der Waals surface area (Å²) in [5.74, 6) is 0.370. The maximum absolute atomic E-state index is 5.64. The highest BCUT2D eigenvalue weighted by molar-refractivity contribution is 5.59. The number of fused-ring (bicyclic) bond motifs is 1. The number of allylic oxidation sites excluding steroid dienone is 1. The molecular formula is C14H23N3. The van der Waals surface area contributed by atoms with Gasteiger partial charge in [0, 0.05) is 11.3 Å². The van der Waals surface area contributed by atoms with Gasteiger partial charge in [0.15, 0.2) is 0 Å². The fourth-order valence-corrected chi connectivity index (χ4v) is 1.96. The van der Waals surface area contributed by atoms with Crippen molar-refractivity contribution in [3.05, 3.63) is 22.5 Å². The third kappa shape index (κ3) is 2.65. The average molecular weight is 233 g/mol. The summed E-state index contributed by atoms with van der Waals surface area (Å²) in [4.78, 5) is 8.50. The second-order valence-electron chi connectivity index (χ2n) is 4.92. The van der Waals surface area contributed by atoms with E-state index in [0.717, 1.165) is 17.8 Å². The van der Waals surface area contributed by atoms with Crippen molar-refractivity contribution in [2.75, 3.05) is 5.73 Å². The van der Waals surface area contributed by atoms with E-state index in [9.17, 15) is 0 Å². The Hall–Kier alpha value is -1.38. The van der Waals surface area contributed by atoms with E-state index in [1.165, 1.54) is 11.1 Å². The summed E-state index contributed by atoms with van der Waals surface area (Å²) in [7, 11) is 0. The van der Waals surface area contributed by atoms with Crippen LogP contribution in [0.4, 0.5) is 5.95 Å². The van der Waals surface area contributed by atoms with Crippen molar-refractivity contribution < 1.29 is 0 Å². The van der Waals surface area contributed by atoms with Gasteiger partial charge >= 0.3 is 0 Å². The summed E-state index contributed by atoms with van der Waals surface area (Å²) >= 11 is 0.